The molecule has 0 saturated carbocycles. The number of aryl methyl sites for hydroxylation is 2. The molecule has 4 heteroatoms. The number of anilines is 2. The summed E-state index contributed by atoms with van der Waals surface area (Å²) in [6.45, 7) is 6.22. The highest BCUT2D eigenvalue weighted by molar-refractivity contribution is 7.80. The van der Waals surface area contributed by atoms with Gasteiger partial charge in [0.1, 0.15) is 0 Å². The molecular formula is C16H19N3S. The molecule has 2 aromatic rings. The van der Waals surface area contributed by atoms with Crippen LogP contribution in [0.25, 0.3) is 0 Å². The molecule has 0 aromatic heterocycles. The van der Waals surface area contributed by atoms with Gasteiger partial charge < -0.3 is 5.32 Å². The molecule has 0 fully saturated rings. The van der Waals surface area contributed by atoms with Gasteiger partial charge in [0.2, 0.25) is 0 Å². The monoisotopic (exact) mass is 285 g/mol. The Balaban J connectivity index is 1.94. The van der Waals surface area contributed by atoms with E-state index in [-0.39, 0.29) is 0 Å². The van der Waals surface area contributed by atoms with Gasteiger partial charge in [-0.2, -0.15) is 0 Å². The van der Waals surface area contributed by atoms with Crippen LogP contribution >= 0.6 is 12.2 Å². The molecule has 0 bridgehead atoms. The SMILES string of the molecule is Cc1cccc(NNC(=S)Nc2cccc(C)c2C)c1. The standard InChI is InChI=1S/C16H19N3S/c1-11-6-4-8-14(10-11)18-19-16(20)17-15-9-5-7-12(2)13(15)3/h4-10,18H,1-3H3,(H2,17,19,20). The van der Waals surface area contributed by atoms with Crippen LogP contribution in [-0.2, 0) is 0 Å². The van der Waals surface area contributed by atoms with Gasteiger partial charge in [0.25, 0.3) is 0 Å². The Kier molecular flexibility index (Phi) is 4.58. The fraction of sp³-hybridized carbons (Fsp3) is 0.188. The third kappa shape index (κ3) is 3.71. The smallest absolute Gasteiger partial charge is 0.189 e. The molecule has 20 heavy (non-hydrogen) atoms. The highest BCUT2D eigenvalue weighted by Gasteiger charge is 2.02. The van der Waals surface area contributed by atoms with Crippen molar-refractivity contribution in [2.24, 2.45) is 0 Å². The van der Waals surface area contributed by atoms with Crippen LogP contribution in [0.3, 0.4) is 0 Å². The van der Waals surface area contributed by atoms with Crippen molar-refractivity contribution >= 4 is 28.7 Å². The Hall–Kier alpha value is -2.07. The van der Waals surface area contributed by atoms with Crippen LogP contribution in [0.2, 0.25) is 0 Å². The lowest BCUT2D eigenvalue weighted by atomic mass is 10.1. The van der Waals surface area contributed by atoms with Crippen LogP contribution in [0.15, 0.2) is 42.5 Å². The molecule has 0 radical (unpaired) electrons. The molecule has 0 saturated heterocycles. The van der Waals surface area contributed by atoms with E-state index in [4.69, 9.17) is 12.2 Å². The summed E-state index contributed by atoms with van der Waals surface area (Å²) < 4.78 is 0. The average molecular weight is 285 g/mol. The first kappa shape index (κ1) is 14.3. The lowest BCUT2D eigenvalue weighted by Gasteiger charge is -2.15. The van der Waals surface area contributed by atoms with E-state index in [1.165, 1.54) is 16.7 Å². The highest BCUT2D eigenvalue weighted by Crippen LogP contribution is 2.17. The first-order chi connectivity index (χ1) is 9.56. The van der Waals surface area contributed by atoms with Gasteiger partial charge in [0.05, 0.1) is 5.69 Å². The third-order valence-corrected chi connectivity index (χ3v) is 3.40. The van der Waals surface area contributed by atoms with E-state index in [0.717, 1.165) is 11.4 Å². The number of rotatable bonds is 3. The summed E-state index contributed by atoms with van der Waals surface area (Å²) >= 11 is 5.29. The second kappa shape index (κ2) is 6.39. The average Bonchev–Trinajstić information content (AvgIpc) is 2.42. The van der Waals surface area contributed by atoms with Crippen molar-refractivity contribution in [1.29, 1.82) is 0 Å². The molecule has 0 aliphatic rings. The number of hydrogen-bond acceptors (Lipinski definition) is 2. The zero-order chi connectivity index (χ0) is 14.5. The molecule has 3 N–H and O–H groups in total. The van der Waals surface area contributed by atoms with Crippen molar-refractivity contribution in [3.05, 3.63) is 59.2 Å². The maximum absolute atomic E-state index is 5.29. The van der Waals surface area contributed by atoms with Gasteiger partial charge in [0.15, 0.2) is 5.11 Å². The number of nitrogens with one attached hydrogen (secondary N) is 3. The Morgan fingerprint density at radius 1 is 1.00 bits per heavy atom. The van der Waals surface area contributed by atoms with Gasteiger partial charge in [-0.05, 0) is 67.9 Å². The molecule has 0 aliphatic heterocycles. The number of hydrazine groups is 1. The van der Waals surface area contributed by atoms with Crippen molar-refractivity contribution in [3.63, 3.8) is 0 Å². The van der Waals surface area contributed by atoms with Crippen LogP contribution in [0.5, 0.6) is 0 Å². The van der Waals surface area contributed by atoms with Crippen LogP contribution in [0, 0.1) is 20.8 Å². The van der Waals surface area contributed by atoms with Gasteiger partial charge in [-0.15, -0.1) is 0 Å². The normalized spacial score (nSPS) is 9.95. The molecule has 0 atom stereocenters. The maximum atomic E-state index is 5.29. The Bertz CT molecular complexity index is 623. The molecule has 0 aliphatic carbocycles. The van der Waals surface area contributed by atoms with E-state index in [0.29, 0.717) is 5.11 Å². The Morgan fingerprint density at radius 3 is 2.50 bits per heavy atom. The van der Waals surface area contributed by atoms with Crippen LogP contribution < -0.4 is 16.2 Å². The second-order valence-electron chi connectivity index (χ2n) is 4.82. The number of thiocarbonyl (C=S) groups is 1. The minimum Gasteiger partial charge on any atom is -0.331 e. The van der Waals surface area contributed by atoms with Crippen molar-refractivity contribution in [2.75, 3.05) is 10.7 Å². The summed E-state index contributed by atoms with van der Waals surface area (Å²) in [4.78, 5) is 0. The second-order valence-corrected chi connectivity index (χ2v) is 5.23. The molecule has 3 nitrogen and oxygen atoms in total. The lowest BCUT2D eigenvalue weighted by Crippen LogP contribution is -2.33. The zero-order valence-electron chi connectivity index (χ0n) is 11.9. The summed E-state index contributed by atoms with van der Waals surface area (Å²) in [5.41, 5.74) is 11.7. The summed E-state index contributed by atoms with van der Waals surface area (Å²) in [5.74, 6) is 0. The molecular weight excluding hydrogens is 266 g/mol. The molecule has 2 rings (SSSR count). The van der Waals surface area contributed by atoms with E-state index in [9.17, 15) is 0 Å². The van der Waals surface area contributed by atoms with Crippen LogP contribution in [0.1, 0.15) is 16.7 Å². The predicted octanol–water partition coefficient (Wildman–Crippen LogP) is 3.93. The lowest BCUT2D eigenvalue weighted by molar-refractivity contribution is 1.13. The van der Waals surface area contributed by atoms with Crippen LogP contribution in [-0.4, -0.2) is 5.11 Å². The summed E-state index contributed by atoms with van der Waals surface area (Å²) in [6.07, 6.45) is 0. The molecule has 0 spiro atoms. The largest absolute Gasteiger partial charge is 0.331 e. The van der Waals surface area contributed by atoms with E-state index in [2.05, 4.69) is 49.1 Å². The quantitative estimate of drug-likeness (QED) is 0.590. The fourth-order valence-corrected chi connectivity index (χ4v) is 2.05. The van der Waals surface area contributed by atoms with E-state index >= 15 is 0 Å². The van der Waals surface area contributed by atoms with E-state index in [1.807, 2.05) is 30.3 Å². The Morgan fingerprint density at radius 2 is 1.75 bits per heavy atom. The zero-order valence-corrected chi connectivity index (χ0v) is 12.8. The van der Waals surface area contributed by atoms with Crippen molar-refractivity contribution < 1.29 is 0 Å². The predicted molar refractivity (Wildman–Crippen MR) is 90.1 cm³/mol. The van der Waals surface area contributed by atoms with Gasteiger partial charge in [-0.3, -0.25) is 10.9 Å². The fourth-order valence-electron chi connectivity index (χ4n) is 1.89. The van der Waals surface area contributed by atoms with Crippen molar-refractivity contribution in [1.82, 2.24) is 5.43 Å². The summed E-state index contributed by atoms with van der Waals surface area (Å²) in [5, 5.41) is 3.74. The van der Waals surface area contributed by atoms with Crippen LogP contribution in [0.4, 0.5) is 11.4 Å². The maximum Gasteiger partial charge on any atom is 0.189 e. The minimum absolute atomic E-state index is 0.542. The van der Waals surface area contributed by atoms with E-state index in [1.54, 1.807) is 0 Å². The molecule has 0 amide bonds. The van der Waals surface area contributed by atoms with Crippen molar-refractivity contribution in [2.45, 2.75) is 20.8 Å². The number of benzene rings is 2. The highest BCUT2D eigenvalue weighted by atomic mass is 32.1. The van der Waals surface area contributed by atoms with Gasteiger partial charge >= 0.3 is 0 Å². The van der Waals surface area contributed by atoms with E-state index < -0.39 is 0 Å². The van der Waals surface area contributed by atoms with Crippen molar-refractivity contribution in [3.8, 4) is 0 Å². The molecule has 0 heterocycles. The molecule has 2 aromatic carbocycles. The first-order valence-electron chi connectivity index (χ1n) is 6.52. The summed E-state index contributed by atoms with van der Waals surface area (Å²) in [7, 11) is 0. The van der Waals surface area contributed by atoms with Gasteiger partial charge in [0, 0.05) is 5.69 Å². The molecule has 0 unspecified atom stereocenters. The topological polar surface area (TPSA) is 36.1 Å². The first-order valence-corrected chi connectivity index (χ1v) is 6.93. The van der Waals surface area contributed by atoms with Gasteiger partial charge in [-0.25, -0.2) is 0 Å². The molecule has 104 valence electrons. The number of hydrogen-bond donors (Lipinski definition) is 3. The third-order valence-electron chi connectivity index (χ3n) is 3.19. The Labute approximate surface area is 125 Å². The summed E-state index contributed by atoms with van der Waals surface area (Å²) in [6, 6.07) is 14.2. The minimum atomic E-state index is 0.542. The van der Waals surface area contributed by atoms with Gasteiger partial charge in [-0.1, -0.05) is 24.3 Å².